The number of hydrogen-bond acceptors (Lipinski definition) is 5. The van der Waals surface area contributed by atoms with E-state index in [0.29, 0.717) is 17.2 Å². The standard InChI is InChI=1S/C32H34N4O5/c1-21(2)35(32(38)33-23-17-25(40-4)19-26(18-23)41-5)20-30(37)36-28-10-7-6-9-27(28)34-16-8-11-29(34)31(36)22-12-14-24(39-3)15-13-22/h6-19,21,31H,20H2,1-5H3,(H,33,38). The molecule has 1 aliphatic rings. The Kier molecular flexibility index (Phi) is 7.87. The fourth-order valence-electron chi connectivity index (χ4n) is 5.15. The van der Waals surface area contributed by atoms with Gasteiger partial charge >= 0.3 is 6.03 Å². The van der Waals surface area contributed by atoms with Gasteiger partial charge in [0.05, 0.1) is 38.4 Å². The molecule has 5 rings (SSSR count). The van der Waals surface area contributed by atoms with Gasteiger partial charge in [0.15, 0.2) is 0 Å². The monoisotopic (exact) mass is 554 g/mol. The lowest BCUT2D eigenvalue weighted by Gasteiger charge is -2.40. The van der Waals surface area contributed by atoms with E-state index in [9.17, 15) is 9.59 Å². The number of rotatable bonds is 8. The average Bonchev–Trinajstić information content (AvgIpc) is 3.48. The highest BCUT2D eigenvalue weighted by atomic mass is 16.5. The number of para-hydroxylation sites is 2. The second-order valence-electron chi connectivity index (χ2n) is 9.98. The second-order valence-corrected chi connectivity index (χ2v) is 9.98. The third kappa shape index (κ3) is 5.43. The van der Waals surface area contributed by atoms with Crippen molar-refractivity contribution in [1.82, 2.24) is 9.47 Å². The zero-order valence-corrected chi connectivity index (χ0v) is 23.8. The first kappa shape index (κ1) is 27.6. The molecule has 0 spiro atoms. The molecule has 0 aliphatic carbocycles. The molecule has 2 heterocycles. The van der Waals surface area contributed by atoms with Gasteiger partial charge in [0, 0.05) is 36.1 Å². The summed E-state index contributed by atoms with van der Waals surface area (Å²) in [7, 11) is 4.72. The van der Waals surface area contributed by atoms with Crippen LogP contribution in [-0.2, 0) is 4.79 Å². The van der Waals surface area contributed by atoms with Gasteiger partial charge in [-0.3, -0.25) is 9.69 Å². The van der Waals surface area contributed by atoms with E-state index in [0.717, 1.165) is 28.4 Å². The first-order chi connectivity index (χ1) is 19.8. The van der Waals surface area contributed by atoms with Crippen molar-refractivity contribution in [3.05, 3.63) is 96.3 Å². The lowest BCUT2D eigenvalue weighted by molar-refractivity contribution is -0.119. The summed E-state index contributed by atoms with van der Waals surface area (Å²) in [6.07, 6.45) is 2.00. The Bertz CT molecular complexity index is 1520. The molecular formula is C32H34N4O5. The molecule has 0 saturated heterocycles. The molecule has 0 saturated carbocycles. The molecule has 1 unspecified atom stereocenters. The van der Waals surface area contributed by atoms with Crippen LogP contribution < -0.4 is 24.4 Å². The zero-order chi connectivity index (χ0) is 29.1. The summed E-state index contributed by atoms with van der Waals surface area (Å²) in [5.41, 5.74) is 4.05. The van der Waals surface area contributed by atoms with Crippen LogP contribution in [-0.4, -0.2) is 55.3 Å². The Morgan fingerprint density at radius 2 is 1.46 bits per heavy atom. The lowest BCUT2D eigenvalue weighted by Crippen LogP contribution is -2.49. The fourth-order valence-corrected chi connectivity index (χ4v) is 5.15. The quantitative estimate of drug-likeness (QED) is 0.294. The van der Waals surface area contributed by atoms with Crippen molar-refractivity contribution in [1.29, 1.82) is 0 Å². The maximum absolute atomic E-state index is 14.3. The third-order valence-electron chi connectivity index (χ3n) is 7.21. The van der Waals surface area contributed by atoms with E-state index in [1.807, 2.05) is 80.7 Å². The van der Waals surface area contributed by atoms with E-state index in [1.165, 1.54) is 4.90 Å². The van der Waals surface area contributed by atoms with Crippen molar-refractivity contribution in [2.24, 2.45) is 0 Å². The van der Waals surface area contributed by atoms with Crippen LogP contribution in [0.2, 0.25) is 0 Å². The number of ether oxygens (including phenoxy) is 3. The number of amides is 3. The SMILES string of the molecule is COc1ccc(C2c3cccn3-c3ccccc3N2C(=O)CN(C(=O)Nc2cc(OC)cc(OC)c2)C(C)C)cc1. The minimum atomic E-state index is -0.405. The topological polar surface area (TPSA) is 85.3 Å². The summed E-state index contributed by atoms with van der Waals surface area (Å²) in [5.74, 6) is 1.61. The number of hydrogen-bond donors (Lipinski definition) is 1. The number of benzene rings is 3. The number of aromatic nitrogens is 1. The van der Waals surface area contributed by atoms with E-state index >= 15 is 0 Å². The van der Waals surface area contributed by atoms with Gasteiger partial charge in [-0.1, -0.05) is 24.3 Å². The Balaban J connectivity index is 1.49. The van der Waals surface area contributed by atoms with E-state index in [2.05, 4.69) is 9.88 Å². The third-order valence-corrected chi connectivity index (χ3v) is 7.21. The van der Waals surface area contributed by atoms with Gasteiger partial charge in [-0.25, -0.2) is 4.79 Å². The average molecular weight is 555 g/mol. The molecular weight excluding hydrogens is 520 g/mol. The number of methoxy groups -OCH3 is 3. The molecule has 3 aromatic carbocycles. The molecule has 4 aromatic rings. The highest BCUT2D eigenvalue weighted by Crippen LogP contribution is 2.42. The van der Waals surface area contributed by atoms with Crippen molar-refractivity contribution < 1.29 is 23.8 Å². The Labute approximate surface area is 239 Å². The highest BCUT2D eigenvalue weighted by Gasteiger charge is 2.37. The zero-order valence-electron chi connectivity index (χ0n) is 23.8. The van der Waals surface area contributed by atoms with Gasteiger partial charge in [0.2, 0.25) is 5.91 Å². The molecule has 1 N–H and O–H groups in total. The van der Waals surface area contributed by atoms with Gasteiger partial charge in [0.25, 0.3) is 0 Å². The largest absolute Gasteiger partial charge is 0.497 e. The predicted molar refractivity (Wildman–Crippen MR) is 158 cm³/mol. The van der Waals surface area contributed by atoms with Crippen molar-refractivity contribution in [3.63, 3.8) is 0 Å². The number of urea groups is 1. The van der Waals surface area contributed by atoms with Crippen LogP contribution in [0.25, 0.3) is 5.69 Å². The summed E-state index contributed by atoms with van der Waals surface area (Å²) >= 11 is 0. The van der Waals surface area contributed by atoms with Crippen LogP contribution in [0.4, 0.5) is 16.2 Å². The van der Waals surface area contributed by atoms with Crippen LogP contribution in [0.1, 0.15) is 31.1 Å². The molecule has 212 valence electrons. The maximum atomic E-state index is 14.3. The van der Waals surface area contributed by atoms with Crippen molar-refractivity contribution >= 4 is 23.3 Å². The summed E-state index contributed by atoms with van der Waals surface area (Å²) in [4.78, 5) is 31.2. The normalized spacial score (nSPS) is 13.7. The van der Waals surface area contributed by atoms with Crippen molar-refractivity contribution in [3.8, 4) is 22.9 Å². The van der Waals surface area contributed by atoms with E-state index in [-0.39, 0.29) is 18.5 Å². The first-order valence-electron chi connectivity index (χ1n) is 13.4. The smallest absolute Gasteiger partial charge is 0.322 e. The van der Waals surface area contributed by atoms with Crippen LogP contribution in [0.5, 0.6) is 17.2 Å². The van der Waals surface area contributed by atoms with Gasteiger partial charge in [0.1, 0.15) is 29.8 Å². The first-order valence-corrected chi connectivity index (χ1v) is 13.4. The highest BCUT2D eigenvalue weighted by molar-refractivity contribution is 6.01. The van der Waals surface area contributed by atoms with Crippen LogP contribution in [0.15, 0.2) is 85.1 Å². The fraction of sp³-hybridized carbons (Fsp3) is 0.250. The summed E-state index contributed by atoms with van der Waals surface area (Å²) in [6.45, 7) is 3.64. The lowest BCUT2D eigenvalue weighted by atomic mass is 9.97. The summed E-state index contributed by atoms with van der Waals surface area (Å²) in [5, 5.41) is 2.91. The number of nitrogens with one attached hydrogen (secondary N) is 1. The van der Waals surface area contributed by atoms with Gasteiger partial charge in [-0.2, -0.15) is 0 Å². The number of carbonyl (C=O) groups is 2. The number of carbonyl (C=O) groups excluding carboxylic acids is 2. The molecule has 9 heteroatoms. The molecule has 9 nitrogen and oxygen atoms in total. The number of anilines is 2. The minimum Gasteiger partial charge on any atom is -0.497 e. The van der Waals surface area contributed by atoms with Crippen LogP contribution in [0.3, 0.4) is 0 Å². The minimum absolute atomic E-state index is 0.133. The van der Waals surface area contributed by atoms with E-state index < -0.39 is 12.1 Å². The predicted octanol–water partition coefficient (Wildman–Crippen LogP) is 5.88. The van der Waals surface area contributed by atoms with Gasteiger partial charge in [-0.15, -0.1) is 0 Å². The molecule has 41 heavy (non-hydrogen) atoms. The van der Waals surface area contributed by atoms with Gasteiger partial charge in [-0.05, 0) is 55.8 Å². The second kappa shape index (κ2) is 11.7. The summed E-state index contributed by atoms with van der Waals surface area (Å²) < 4.78 is 18.2. The molecule has 3 amide bonds. The van der Waals surface area contributed by atoms with Crippen LogP contribution >= 0.6 is 0 Å². The van der Waals surface area contributed by atoms with E-state index in [4.69, 9.17) is 14.2 Å². The number of fused-ring (bicyclic) bond motifs is 3. The van der Waals surface area contributed by atoms with Crippen molar-refractivity contribution in [2.75, 3.05) is 38.1 Å². The van der Waals surface area contributed by atoms with Gasteiger partial charge < -0.3 is 29.0 Å². The Morgan fingerprint density at radius 1 is 0.829 bits per heavy atom. The number of nitrogens with zero attached hydrogens (tertiary/aromatic N) is 3. The molecule has 0 radical (unpaired) electrons. The Hall–Kier alpha value is -4.92. The molecule has 1 aromatic heterocycles. The van der Waals surface area contributed by atoms with Crippen LogP contribution in [0, 0.1) is 0 Å². The molecule has 1 atom stereocenters. The molecule has 0 bridgehead atoms. The molecule has 1 aliphatic heterocycles. The summed E-state index contributed by atoms with van der Waals surface area (Å²) in [6, 6.07) is 23.6. The van der Waals surface area contributed by atoms with Crippen molar-refractivity contribution in [2.45, 2.75) is 25.9 Å². The molecule has 0 fully saturated rings. The van der Waals surface area contributed by atoms with E-state index in [1.54, 1.807) is 44.4 Å². The Morgan fingerprint density at radius 3 is 2.07 bits per heavy atom. The maximum Gasteiger partial charge on any atom is 0.322 e.